The summed E-state index contributed by atoms with van der Waals surface area (Å²) >= 11 is 0. The van der Waals surface area contributed by atoms with Crippen LogP contribution in [0.4, 0.5) is 5.82 Å². The molecule has 0 bridgehead atoms. The lowest BCUT2D eigenvalue weighted by atomic mass is 10.1. The lowest BCUT2D eigenvalue weighted by Gasteiger charge is -2.12. The highest BCUT2D eigenvalue weighted by Gasteiger charge is 2.17. The first kappa shape index (κ1) is 12.6. The third kappa shape index (κ3) is 2.78. The number of anilines is 1. The first-order chi connectivity index (χ1) is 9.83. The highest BCUT2D eigenvalue weighted by atomic mass is 16.1. The average Bonchev–Trinajstić information content (AvgIpc) is 2.90. The predicted molar refractivity (Wildman–Crippen MR) is 78.1 cm³/mol. The zero-order valence-corrected chi connectivity index (χ0v) is 11.0. The molecule has 2 aromatic rings. The Labute approximate surface area is 117 Å². The third-order valence-corrected chi connectivity index (χ3v) is 3.27. The molecule has 1 aliphatic heterocycles. The highest BCUT2D eigenvalue weighted by molar-refractivity contribution is 6.01. The SMILES string of the molecule is O=C(/C=C/c1ccccc1)Nc1n[nH]c2c1CCNC2. The smallest absolute Gasteiger partial charge is 0.249 e. The number of carbonyl (C=O) groups is 1. The Morgan fingerprint density at radius 1 is 1.30 bits per heavy atom. The third-order valence-electron chi connectivity index (χ3n) is 3.27. The maximum atomic E-state index is 11.9. The summed E-state index contributed by atoms with van der Waals surface area (Å²) in [4.78, 5) is 11.9. The van der Waals surface area contributed by atoms with E-state index in [1.165, 1.54) is 6.08 Å². The van der Waals surface area contributed by atoms with Crippen molar-refractivity contribution in [3.63, 3.8) is 0 Å². The van der Waals surface area contributed by atoms with Crippen LogP contribution in [-0.2, 0) is 17.8 Å². The van der Waals surface area contributed by atoms with Crippen molar-refractivity contribution in [2.75, 3.05) is 11.9 Å². The van der Waals surface area contributed by atoms with Crippen molar-refractivity contribution in [1.29, 1.82) is 0 Å². The van der Waals surface area contributed by atoms with E-state index in [0.29, 0.717) is 5.82 Å². The normalized spacial score (nSPS) is 14.2. The van der Waals surface area contributed by atoms with Gasteiger partial charge in [-0.1, -0.05) is 30.3 Å². The Hall–Kier alpha value is -2.40. The molecule has 0 fully saturated rings. The van der Waals surface area contributed by atoms with Crippen LogP contribution in [0.5, 0.6) is 0 Å². The molecule has 1 aromatic carbocycles. The van der Waals surface area contributed by atoms with E-state index < -0.39 is 0 Å². The van der Waals surface area contributed by atoms with Gasteiger partial charge in [-0.05, 0) is 24.6 Å². The van der Waals surface area contributed by atoms with Crippen molar-refractivity contribution >= 4 is 17.8 Å². The highest BCUT2D eigenvalue weighted by Crippen LogP contribution is 2.19. The fraction of sp³-hybridized carbons (Fsp3) is 0.200. The van der Waals surface area contributed by atoms with Crippen LogP contribution in [0, 0.1) is 0 Å². The Balaban J connectivity index is 1.67. The van der Waals surface area contributed by atoms with Gasteiger partial charge in [-0.25, -0.2) is 0 Å². The van der Waals surface area contributed by atoms with E-state index in [9.17, 15) is 4.79 Å². The zero-order chi connectivity index (χ0) is 13.8. The topological polar surface area (TPSA) is 69.8 Å². The van der Waals surface area contributed by atoms with Crippen LogP contribution in [-0.4, -0.2) is 22.6 Å². The number of hydrogen-bond acceptors (Lipinski definition) is 3. The Kier molecular flexibility index (Phi) is 3.60. The second-order valence-electron chi connectivity index (χ2n) is 4.69. The van der Waals surface area contributed by atoms with Gasteiger partial charge < -0.3 is 10.6 Å². The standard InChI is InChI=1S/C15H16N4O/c20-14(7-6-11-4-2-1-3-5-11)17-15-12-8-9-16-10-13(12)18-19-15/h1-7,16H,8-10H2,(H2,17,18,19,20)/b7-6+. The van der Waals surface area contributed by atoms with Crippen molar-refractivity contribution in [2.24, 2.45) is 0 Å². The van der Waals surface area contributed by atoms with E-state index >= 15 is 0 Å². The molecular weight excluding hydrogens is 252 g/mol. The van der Waals surface area contributed by atoms with Gasteiger partial charge in [0.05, 0.1) is 5.69 Å². The van der Waals surface area contributed by atoms with E-state index in [4.69, 9.17) is 0 Å². The van der Waals surface area contributed by atoms with Crippen LogP contribution >= 0.6 is 0 Å². The number of fused-ring (bicyclic) bond motifs is 1. The summed E-state index contributed by atoms with van der Waals surface area (Å²) in [7, 11) is 0. The summed E-state index contributed by atoms with van der Waals surface area (Å²) in [5, 5.41) is 13.2. The lowest BCUT2D eigenvalue weighted by molar-refractivity contribution is -0.111. The number of amides is 1. The Morgan fingerprint density at radius 2 is 2.15 bits per heavy atom. The summed E-state index contributed by atoms with van der Waals surface area (Å²) in [6, 6.07) is 9.72. The molecule has 5 nitrogen and oxygen atoms in total. The molecule has 2 heterocycles. The number of aromatic nitrogens is 2. The zero-order valence-electron chi connectivity index (χ0n) is 11.0. The monoisotopic (exact) mass is 268 g/mol. The minimum absolute atomic E-state index is 0.165. The van der Waals surface area contributed by atoms with E-state index in [2.05, 4.69) is 20.8 Å². The number of rotatable bonds is 3. The second kappa shape index (κ2) is 5.71. The van der Waals surface area contributed by atoms with Crippen LogP contribution in [0.15, 0.2) is 36.4 Å². The molecule has 0 aliphatic carbocycles. The number of aromatic amines is 1. The maximum absolute atomic E-state index is 11.9. The number of hydrogen-bond donors (Lipinski definition) is 3. The molecule has 0 atom stereocenters. The van der Waals surface area contributed by atoms with Crippen LogP contribution in [0.3, 0.4) is 0 Å². The Morgan fingerprint density at radius 3 is 3.00 bits per heavy atom. The maximum Gasteiger partial charge on any atom is 0.249 e. The molecule has 5 heteroatoms. The summed E-state index contributed by atoms with van der Waals surface area (Å²) in [5.41, 5.74) is 3.15. The number of carbonyl (C=O) groups excluding carboxylic acids is 1. The quantitative estimate of drug-likeness (QED) is 0.742. The first-order valence-corrected chi connectivity index (χ1v) is 6.64. The van der Waals surface area contributed by atoms with Crippen LogP contribution < -0.4 is 10.6 Å². The number of H-pyrrole nitrogens is 1. The summed E-state index contributed by atoms with van der Waals surface area (Å²) in [6.07, 6.45) is 4.19. The number of nitrogens with zero attached hydrogens (tertiary/aromatic N) is 1. The molecule has 3 N–H and O–H groups in total. The molecule has 102 valence electrons. The molecule has 0 saturated carbocycles. The molecule has 0 saturated heterocycles. The largest absolute Gasteiger partial charge is 0.311 e. The van der Waals surface area contributed by atoms with E-state index in [0.717, 1.165) is 36.3 Å². The summed E-state index contributed by atoms with van der Waals surface area (Å²) < 4.78 is 0. The molecular formula is C15H16N4O. The van der Waals surface area contributed by atoms with Crippen molar-refractivity contribution in [2.45, 2.75) is 13.0 Å². The molecule has 0 spiro atoms. The number of benzene rings is 1. The summed E-state index contributed by atoms with van der Waals surface area (Å²) in [5.74, 6) is 0.478. The predicted octanol–water partition coefficient (Wildman–Crippen LogP) is 1.71. The second-order valence-corrected chi connectivity index (χ2v) is 4.69. The van der Waals surface area contributed by atoms with Crippen molar-refractivity contribution < 1.29 is 4.79 Å². The molecule has 20 heavy (non-hydrogen) atoms. The van der Waals surface area contributed by atoms with Gasteiger partial charge in [0.1, 0.15) is 0 Å². The van der Waals surface area contributed by atoms with E-state index in [1.807, 2.05) is 30.3 Å². The molecule has 1 aliphatic rings. The van der Waals surface area contributed by atoms with Crippen LogP contribution in [0.25, 0.3) is 6.08 Å². The molecule has 1 amide bonds. The van der Waals surface area contributed by atoms with Crippen molar-refractivity contribution in [1.82, 2.24) is 15.5 Å². The minimum Gasteiger partial charge on any atom is -0.311 e. The van der Waals surface area contributed by atoms with Crippen molar-refractivity contribution in [3.8, 4) is 0 Å². The van der Waals surface area contributed by atoms with Gasteiger partial charge in [0.2, 0.25) is 5.91 Å². The van der Waals surface area contributed by atoms with Gasteiger partial charge in [-0.2, -0.15) is 5.10 Å². The van der Waals surface area contributed by atoms with Gasteiger partial charge in [0, 0.05) is 18.2 Å². The van der Waals surface area contributed by atoms with Gasteiger partial charge >= 0.3 is 0 Å². The van der Waals surface area contributed by atoms with Crippen LogP contribution in [0.2, 0.25) is 0 Å². The molecule has 0 unspecified atom stereocenters. The van der Waals surface area contributed by atoms with Gasteiger partial charge in [0.25, 0.3) is 0 Å². The average molecular weight is 268 g/mol. The van der Waals surface area contributed by atoms with Crippen molar-refractivity contribution in [3.05, 3.63) is 53.2 Å². The Bertz CT molecular complexity index is 631. The first-order valence-electron chi connectivity index (χ1n) is 6.64. The van der Waals surface area contributed by atoms with Gasteiger partial charge in [-0.3, -0.25) is 9.89 Å². The van der Waals surface area contributed by atoms with Gasteiger partial charge in [-0.15, -0.1) is 0 Å². The summed E-state index contributed by atoms with van der Waals surface area (Å²) in [6.45, 7) is 1.69. The fourth-order valence-electron chi connectivity index (χ4n) is 2.24. The van der Waals surface area contributed by atoms with E-state index in [1.54, 1.807) is 6.08 Å². The fourth-order valence-corrected chi connectivity index (χ4v) is 2.24. The lowest BCUT2D eigenvalue weighted by Crippen LogP contribution is -2.23. The minimum atomic E-state index is -0.165. The van der Waals surface area contributed by atoms with Crippen LogP contribution in [0.1, 0.15) is 16.8 Å². The molecule has 3 rings (SSSR count). The molecule has 0 radical (unpaired) electrons. The molecule has 1 aromatic heterocycles. The van der Waals surface area contributed by atoms with Gasteiger partial charge in [0.15, 0.2) is 5.82 Å². The number of nitrogens with one attached hydrogen (secondary N) is 3. The van der Waals surface area contributed by atoms with E-state index in [-0.39, 0.29) is 5.91 Å².